The van der Waals surface area contributed by atoms with E-state index in [2.05, 4.69) is 91.3 Å². The lowest BCUT2D eigenvalue weighted by molar-refractivity contribution is -0.131. The van der Waals surface area contributed by atoms with Crippen LogP contribution in [0.5, 0.6) is 0 Å². The lowest BCUT2D eigenvalue weighted by Crippen LogP contribution is -2.61. The number of amides is 1. The Balaban J connectivity index is 0.00000386. The van der Waals surface area contributed by atoms with Crippen LogP contribution >= 0.6 is 33.5 Å². The second-order valence-electron chi connectivity index (χ2n) is 19.2. The quantitative estimate of drug-likeness (QED) is 0.0630. The summed E-state index contributed by atoms with van der Waals surface area (Å²) in [6.07, 6.45) is 20.7. The zero-order valence-electron chi connectivity index (χ0n) is 42.7. The number of allylic oxidation sites excluding steroid dienone is 6. The first-order chi connectivity index (χ1) is 33.4. The van der Waals surface area contributed by atoms with Gasteiger partial charge in [-0.3, -0.25) is 14.7 Å². The van der Waals surface area contributed by atoms with Gasteiger partial charge in [0.05, 0.1) is 29.0 Å². The predicted molar refractivity (Wildman–Crippen MR) is 300 cm³/mol. The normalized spacial score (nSPS) is 20.0. The summed E-state index contributed by atoms with van der Waals surface area (Å²) in [5.41, 5.74) is 10.8. The lowest BCUT2D eigenvalue weighted by Gasteiger charge is -2.50. The summed E-state index contributed by atoms with van der Waals surface area (Å²) in [6, 6.07) is 5.08. The smallest absolute Gasteiger partial charge is 0.222 e. The van der Waals surface area contributed by atoms with Gasteiger partial charge in [-0.05, 0) is 123 Å². The highest BCUT2D eigenvalue weighted by Gasteiger charge is 2.40. The molecule has 12 heteroatoms. The van der Waals surface area contributed by atoms with E-state index < -0.39 is 0 Å². The average Bonchev–Trinajstić information content (AvgIpc) is 3.37. The second-order valence-corrected chi connectivity index (χ2v) is 20.6. The Hall–Kier alpha value is -3.66. The molecule has 0 bridgehead atoms. The van der Waals surface area contributed by atoms with Crippen molar-refractivity contribution in [2.75, 3.05) is 75.0 Å². The molecule has 7 rings (SSSR count). The van der Waals surface area contributed by atoms with Gasteiger partial charge in [-0.25, -0.2) is 4.39 Å². The molecule has 0 spiro atoms. The van der Waals surface area contributed by atoms with Gasteiger partial charge >= 0.3 is 0 Å². The molecule has 3 unspecified atom stereocenters. The number of nitrogens with one attached hydrogen (secondary N) is 1. The first kappa shape index (κ1) is 54.7. The number of benzene rings is 1. The second kappa shape index (κ2) is 26.2. The molecule has 69 heavy (non-hydrogen) atoms. The van der Waals surface area contributed by atoms with Crippen LogP contribution in [0.15, 0.2) is 89.2 Å². The highest BCUT2D eigenvalue weighted by Crippen LogP contribution is 2.40. The number of nitrogens with zero attached hydrogens (tertiary/aromatic N) is 6. The lowest BCUT2D eigenvalue weighted by atomic mass is 9.82. The Morgan fingerprint density at radius 3 is 2.48 bits per heavy atom. The predicted octanol–water partition coefficient (Wildman–Crippen LogP) is 10.2. The third kappa shape index (κ3) is 12.9. The Morgan fingerprint density at radius 1 is 1.06 bits per heavy atom. The van der Waals surface area contributed by atoms with Gasteiger partial charge in [-0.1, -0.05) is 95.7 Å². The topological polar surface area (TPSA) is 58.2 Å². The first-order valence-corrected chi connectivity index (χ1v) is 27.6. The van der Waals surface area contributed by atoms with Crippen molar-refractivity contribution in [3.8, 4) is 0 Å². The van der Waals surface area contributed by atoms with Gasteiger partial charge in [-0.2, -0.15) is 12.6 Å². The van der Waals surface area contributed by atoms with Gasteiger partial charge in [0.2, 0.25) is 5.91 Å². The first-order valence-electron chi connectivity index (χ1n) is 26.0. The number of likely N-dealkylation sites (tertiary alicyclic amines) is 1. The summed E-state index contributed by atoms with van der Waals surface area (Å²) >= 11 is 11.6. The number of hydrogen-bond donors (Lipinski definition) is 2. The van der Waals surface area contributed by atoms with Gasteiger partial charge in [0.15, 0.2) is 0 Å². The van der Waals surface area contributed by atoms with E-state index in [-0.39, 0.29) is 17.8 Å². The van der Waals surface area contributed by atoms with Crippen LogP contribution in [0.3, 0.4) is 0 Å². The van der Waals surface area contributed by atoms with Crippen molar-refractivity contribution < 1.29 is 9.18 Å². The van der Waals surface area contributed by atoms with Crippen molar-refractivity contribution in [1.29, 1.82) is 0 Å². The number of hydrogen-bond acceptors (Lipinski definition) is 8. The molecule has 0 radical (unpaired) electrons. The van der Waals surface area contributed by atoms with Gasteiger partial charge < -0.3 is 24.9 Å². The Bertz CT molecular complexity index is 2390. The molecule has 1 aromatic heterocycles. The standard InChI is InChI=1S/C55H76ClFN7OPS.C2H6/c1-8-10-19-50(39(5)58-7)61-27-22-42-30-44(66)31-46(47(42)34-61)41-20-25-60(26-21-41)23-14-12-11-13-15-24-63-40(6)52-35-62(53(65)9-2)28-29-64(52)55-45(38(4)59-33-51(55)63)32-48(56)37(3)54-43(36-67)17-16-18-49(54)57;1-2/h8,17,30-33,41,50,52,58,67H,1,4-6,9-16,18-29,34-36,66H2,2-3,7H3;1-2H3/b45-32+,48-37-;. The number of aromatic nitrogens is 1. The van der Waals surface area contributed by atoms with E-state index in [0.717, 1.165) is 105 Å². The van der Waals surface area contributed by atoms with E-state index in [1.54, 1.807) is 11.1 Å². The number of piperidine rings is 1. The molecule has 1 amide bonds. The monoisotopic (exact) mass is 998 g/mol. The number of likely N-dealkylation sites (N-methyl/N-ethyl adjacent to an activating group) is 1. The van der Waals surface area contributed by atoms with Crippen molar-refractivity contribution >= 4 is 68.7 Å². The van der Waals surface area contributed by atoms with Crippen LogP contribution in [0.25, 0.3) is 12.7 Å². The number of thiol groups is 1. The van der Waals surface area contributed by atoms with Crippen molar-refractivity contribution in [2.45, 2.75) is 136 Å². The number of halogens is 2. The summed E-state index contributed by atoms with van der Waals surface area (Å²) in [6.45, 7) is 33.4. The number of pyridine rings is 1. The molecular formula is C57H82ClFN7OPS. The molecule has 376 valence electrons. The molecule has 8 nitrogen and oxygen atoms in total. The minimum absolute atomic E-state index is 0.0932. The number of unbranched alkanes of at least 4 members (excludes halogenated alkanes) is 4. The Morgan fingerprint density at radius 2 is 1.78 bits per heavy atom. The van der Waals surface area contributed by atoms with Crippen LogP contribution in [-0.4, -0.2) is 103 Å². The summed E-state index contributed by atoms with van der Waals surface area (Å²) in [5, 5.41) is 6.55. The van der Waals surface area contributed by atoms with Gasteiger partial charge in [-0.15, -0.1) is 15.8 Å². The number of carbonyl (C=O) groups is 1. The van der Waals surface area contributed by atoms with Crippen LogP contribution in [0.1, 0.15) is 127 Å². The number of anilines is 2. The zero-order valence-corrected chi connectivity index (χ0v) is 45.5. The third-order valence-electron chi connectivity index (χ3n) is 15.1. The van der Waals surface area contributed by atoms with E-state index in [1.807, 2.05) is 58.0 Å². The molecule has 5 aliphatic rings. The van der Waals surface area contributed by atoms with E-state index in [1.165, 1.54) is 43.0 Å². The van der Waals surface area contributed by atoms with E-state index in [4.69, 9.17) is 16.6 Å². The van der Waals surface area contributed by atoms with Crippen LogP contribution in [0.4, 0.5) is 15.8 Å². The molecule has 0 saturated carbocycles. The highest BCUT2D eigenvalue weighted by molar-refractivity contribution is 7.80. The minimum Gasteiger partial charge on any atom is -0.391 e. The largest absolute Gasteiger partial charge is 0.391 e. The SMILES string of the molecule is C=CCCC(C(=C)NC)N1CCc2cc(P)cc(C3CCN(CCCCCCCN4C(=C)C5CN(C(=O)CC)CCN5c5c4cnc(=C)/c5=C\C(Cl)=C(/C)C4=C(F)CCC=C4CS)CC3)c2C1.CC. The zero-order chi connectivity index (χ0) is 49.8. The van der Waals surface area contributed by atoms with E-state index in [0.29, 0.717) is 78.1 Å². The average molecular weight is 999 g/mol. The van der Waals surface area contributed by atoms with Crippen LogP contribution in [-0.2, 0) is 17.8 Å². The van der Waals surface area contributed by atoms with Gasteiger partial charge in [0.25, 0.3) is 0 Å². The Kier molecular flexibility index (Phi) is 20.7. The fraction of sp³-hybridized carbons (Fsp3) is 0.544. The Labute approximate surface area is 427 Å². The van der Waals surface area contributed by atoms with Crippen molar-refractivity contribution in [3.05, 3.63) is 116 Å². The molecule has 1 aliphatic carbocycles. The maximum absolute atomic E-state index is 15.3. The minimum atomic E-state index is -0.150. The number of piperazine rings is 1. The summed E-state index contributed by atoms with van der Waals surface area (Å²) in [5.74, 6) is 1.05. The molecule has 2 saturated heterocycles. The molecule has 3 atom stereocenters. The van der Waals surface area contributed by atoms with Crippen molar-refractivity contribution in [3.63, 3.8) is 0 Å². The molecular weight excluding hydrogens is 916 g/mol. The number of carbonyl (C=O) groups excluding carboxylic acids is 1. The van der Waals surface area contributed by atoms with Crippen molar-refractivity contribution in [2.24, 2.45) is 0 Å². The van der Waals surface area contributed by atoms with E-state index in [9.17, 15) is 4.79 Å². The molecule has 2 fully saturated rings. The van der Waals surface area contributed by atoms with Crippen molar-refractivity contribution in [1.82, 2.24) is 25.0 Å². The fourth-order valence-electron chi connectivity index (χ4n) is 11.3. The number of fused-ring (bicyclic) bond motifs is 4. The molecule has 1 aromatic carbocycles. The fourth-order valence-corrected chi connectivity index (χ4v) is 12.2. The summed E-state index contributed by atoms with van der Waals surface area (Å²) in [7, 11) is 4.98. The number of rotatable bonds is 19. The molecule has 2 aromatic rings. The molecule has 5 heterocycles. The maximum atomic E-state index is 15.3. The van der Waals surface area contributed by atoms with Crippen LogP contribution in [0, 0.1) is 0 Å². The summed E-state index contributed by atoms with van der Waals surface area (Å²) < 4.78 is 15.3. The maximum Gasteiger partial charge on any atom is 0.222 e. The van der Waals surface area contributed by atoms with Crippen LogP contribution < -0.4 is 31.0 Å². The third-order valence-corrected chi connectivity index (χ3v) is 16.2. The van der Waals surface area contributed by atoms with Gasteiger partial charge in [0, 0.05) is 98.2 Å². The van der Waals surface area contributed by atoms with Gasteiger partial charge in [0.1, 0.15) is 5.83 Å². The molecule has 1 N–H and O–H groups in total. The summed E-state index contributed by atoms with van der Waals surface area (Å²) in [4.78, 5) is 29.8. The molecule has 4 aliphatic heterocycles. The van der Waals surface area contributed by atoms with Crippen LogP contribution in [0.2, 0.25) is 0 Å². The highest BCUT2D eigenvalue weighted by atomic mass is 35.5. The van der Waals surface area contributed by atoms with E-state index >= 15 is 4.39 Å².